The molecule has 1 aliphatic rings. The van der Waals surface area contributed by atoms with Crippen LogP contribution in [0, 0.1) is 5.82 Å². The topological polar surface area (TPSA) is 115 Å². The monoisotopic (exact) mass is 477 g/mol. The summed E-state index contributed by atoms with van der Waals surface area (Å²) in [6.45, 7) is 0.547. The zero-order valence-corrected chi connectivity index (χ0v) is 18.9. The molecule has 0 bridgehead atoms. The van der Waals surface area contributed by atoms with Gasteiger partial charge in [-0.05, 0) is 42.3 Å². The lowest BCUT2D eigenvalue weighted by atomic mass is 10.0. The number of aromatic nitrogens is 4. The molecule has 3 heterocycles. The standard InChI is InChI=1S/C24H24FN7O3/c1-34-18-4-2-3-16(13-18)23-30-29-21-9-10-22(31-32(21)23)35-12-11-26-24(33)20-14-19(27-28-20)15-5-7-17(25)8-6-15/h2-10,13,19-20,27-28H,11-12,14H2,1H3,(H,26,33). The molecule has 2 aromatic heterocycles. The molecule has 2 aromatic carbocycles. The molecule has 4 aromatic rings. The van der Waals surface area contributed by atoms with Crippen LogP contribution in [0.1, 0.15) is 18.0 Å². The van der Waals surface area contributed by atoms with Crippen LogP contribution >= 0.6 is 0 Å². The number of benzene rings is 2. The van der Waals surface area contributed by atoms with Crippen molar-refractivity contribution in [2.75, 3.05) is 20.3 Å². The number of fused-ring (bicyclic) bond motifs is 1. The second kappa shape index (κ2) is 10.0. The van der Waals surface area contributed by atoms with Crippen molar-refractivity contribution in [1.82, 2.24) is 36.0 Å². The highest BCUT2D eigenvalue weighted by Crippen LogP contribution is 2.24. The van der Waals surface area contributed by atoms with Crippen molar-refractivity contribution in [1.29, 1.82) is 0 Å². The predicted molar refractivity (Wildman–Crippen MR) is 125 cm³/mol. The van der Waals surface area contributed by atoms with E-state index in [4.69, 9.17) is 9.47 Å². The first kappa shape index (κ1) is 22.7. The Morgan fingerprint density at radius 3 is 2.83 bits per heavy atom. The fraction of sp³-hybridized carbons (Fsp3) is 0.250. The number of carbonyl (C=O) groups is 1. The van der Waals surface area contributed by atoms with Crippen LogP contribution < -0.4 is 25.6 Å². The average molecular weight is 478 g/mol. The molecule has 0 spiro atoms. The number of carbonyl (C=O) groups excluding carboxylic acids is 1. The Morgan fingerprint density at radius 2 is 2.00 bits per heavy atom. The number of ether oxygens (including phenoxy) is 2. The first-order valence-corrected chi connectivity index (χ1v) is 11.1. The molecule has 2 unspecified atom stereocenters. The molecular weight excluding hydrogens is 453 g/mol. The van der Waals surface area contributed by atoms with Gasteiger partial charge in [0.1, 0.15) is 24.2 Å². The molecule has 35 heavy (non-hydrogen) atoms. The van der Waals surface area contributed by atoms with E-state index in [1.54, 1.807) is 35.9 Å². The van der Waals surface area contributed by atoms with Gasteiger partial charge >= 0.3 is 0 Å². The summed E-state index contributed by atoms with van der Waals surface area (Å²) < 4.78 is 25.8. The van der Waals surface area contributed by atoms with Gasteiger partial charge in [-0.3, -0.25) is 4.79 Å². The summed E-state index contributed by atoms with van der Waals surface area (Å²) in [4.78, 5) is 12.5. The van der Waals surface area contributed by atoms with Gasteiger partial charge in [0.05, 0.1) is 13.7 Å². The Balaban J connectivity index is 1.15. The van der Waals surface area contributed by atoms with Crippen LogP contribution in [-0.2, 0) is 4.79 Å². The van der Waals surface area contributed by atoms with Crippen LogP contribution in [0.25, 0.3) is 17.0 Å². The summed E-state index contributed by atoms with van der Waals surface area (Å²) in [6, 6.07) is 16.7. The lowest BCUT2D eigenvalue weighted by Gasteiger charge is -2.11. The average Bonchev–Trinajstić information content (AvgIpc) is 3.55. The first-order valence-electron chi connectivity index (χ1n) is 11.1. The van der Waals surface area contributed by atoms with Gasteiger partial charge in [0.25, 0.3) is 0 Å². The summed E-state index contributed by atoms with van der Waals surface area (Å²) in [5, 5.41) is 15.7. The molecule has 3 N–H and O–H groups in total. The number of amides is 1. The van der Waals surface area contributed by atoms with E-state index in [0.29, 0.717) is 36.1 Å². The van der Waals surface area contributed by atoms with Crippen LogP contribution in [-0.4, -0.2) is 52.0 Å². The Bertz CT molecular complexity index is 1330. The third-order valence-corrected chi connectivity index (χ3v) is 5.71. The van der Waals surface area contributed by atoms with Crippen molar-refractivity contribution in [3.05, 3.63) is 72.0 Å². The fourth-order valence-corrected chi connectivity index (χ4v) is 3.89. The highest BCUT2D eigenvalue weighted by atomic mass is 19.1. The van der Waals surface area contributed by atoms with Crippen molar-refractivity contribution < 1.29 is 18.7 Å². The molecule has 1 aliphatic heterocycles. The quantitative estimate of drug-likeness (QED) is 0.331. The maximum Gasteiger partial charge on any atom is 0.238 e. The molecule has 2 atom stereocenters. The highest BCUT2D eigenvalue weighted by molar-refractivity contribution is 5.82. The van der Waals surface area contributed by atoms with Gasteiger partial charge in [0.2, 0.25) is 11.8 Å². The van der Waals surface area contributed by atoms with Gasteiger partial charge in [-0.15, -0.1) is 15.3 Å². The van der Waals surface area contributed by atoms with Gasteiger partial charge in [-0.2, -0.15) is 4.52 Å². The van der Waals surface area contributed by atoms with Crippen LogP contribution in [0.4, 0.5) is 4.39 Å². The summed E-state index contributed by atoms with van der Waals surface area (Å²) >= 11 is 0. The summed E-state index contributed by atoms with van der Waals surface area (Å²) in [6.07, 6.45) is 0.553. The van der Waals surface area contributed by atoms with Gasteiger partial charge in [-0.1, -0.05) is 24.3 Å². The van der Waals surface area contributed by atoms with E-state index in [-0.39, 0.29) is 24.4 Å². The van der Waals surface area contributed by atoms with Gasteiger partial charge < -0.3 is 14.8 Å². The molecule has 1 saturated heterocycles. The third kappa shape index (κ3) is 5.05. The van der Waals surface area contributed by atoms with E-state index in [0.717, 1.165) is 11.1 Å². The van der Waals surface area contributed by atoms with E-state index >= 15 is 0 Å². The van der Waals surface area contributed by atoms with Crippen molar-refractivity contribution >= 4 is 11.6 Å². The fourth-order valence-electron chi connectivity index (χ4n) is 3.89. The number of methoxy groups -OCH3 is 1. The van der Waals surface area contributed by atoms with Gasteiger partial charge in [0.15, 0.2) is 11.5 Å². The zero-order chi connectivity index (χ0) is 24.2. The van der Waals surface area contributed by atoms with E-state index in [2.05, 4.69) is 31.5 Å². The number of nitrogens with zero attached hydrogens (tertiary/aromatic N) is 4. The third-order valence-electron chi connectivity index (χ3n) is 5.71. The number of hydrogen-bond acceptors (Lipinski definition) is 8. The number of rotatable bonds is 8. The second-order valence-corrected chi connectivity index (χ2v) is 8.02. The Hall–Kier alpha value is -4.09. The molecule has 1 amide bonds. The Morgan fingerprint density at radius 1 is 1.14 bits per heavy atom. The highest BCUT2D eigenvalue weighted by Gasteiger charge is 2.29. The maximum atomic E-state index is 13.1. The van der Waals surface area contributed by atoms with Crippen molar-refractivity contribution in [2.24, 2.45) is 0 Å². The van der Waals surface area contributed by atoms with Crippen molar-refractivity contribution in [3.63, 3.8) is 0 Å². The minimum absolute atomic E-state index is 0.0684. The second-order valence-electron chi connectivity index (χ2n) is 8.02. The number of hydrazine groups is 1. The Labute approximate surface area is 200 Å². The lowest BCUT2D eigenvalue weighted by Crippen LogP contribution is -2.44. The largest absolute Gasteiger partial charge is 0.497 e. The zero-order valence-electron chi connectivity index (χ0n) is 18.9. The SMILES string of the molecule is COc1cccc(-c2nnc3ccc(OCCNC(=O)C4CC(c5ccc(F)cc5)NN4)nn23)c1. The van der Waals surface area contributed by atoms with E-state index in [1.807, 2.05) is 24.3 Å². The predicted octanol–water partition coefficient (Wildman–Crippen LogP) is 2.04. The molecule has 10 nitrogen and oxygen atoms in total. The van der Waals surface area contributed by atoms with Gasteiger partial charge in [-0.25, -0.2) is 15.2 Å². The molecule has 0 radical (unpaired) electrons. The first-order chi connectivity index (χ1) is 17.1. The molecule has 180 valence electrons. The Kier molecular flexibility index (Phi) is 6.51. The molecule has 0 aliphatic carbocycles. The van der Waals surface area contributed by atoms with Crippen LogP contribution in [0.3, 0.4) is 0 Å². The molecule has 5 rings (SSSR count). The van der Waals surface area contributed by atoms with Crippen molar-refractivity contribution in [2.45, 2.75) is 18.5 Å². The maximum absolute atomic E-state index is 13.1. The van der Waals surface area contributed by atoms with Crippen LogP contribution in [0.15, 0.2) is 60.7 Å². The summed E-state index contributed by atoms with van der Waals surface area (Å²) in [7, 11) is 1.60. The number of halogens is 1. The minimum Gasteiger partial charge on any atom is -0.497 e. The van der Waals surface area contributed by atoms with Gasteiger partial charge in [0, 0.05) is 17.7 Å². The minimum atomic E-state index is -0.401. The molecular formula is C24H24FN7O3. The van der Waals surface area contributed by atoms with Crippen molar-refractivity contribution in [3.8, 4) is 23.0 Å². The van der Waals surface area contributed by atoms with E-state index in [1.165, 1.54) is 12.1 Å². The molecule has 1 fully saturated rings. The lowest BCUT2D eigenvalue weighted by molar-refractivity contribution is -0.123. The summed E-state index contributed by atoms with van der Waals surface area (Å²) in [5.41, 5.74) is 8.38. The van der Waals surface area contributed by atoms with Crippen LogP contribution in [0.5, 0.6) is 11.6 Å². The molecule has 0 saturated carbocycles. The van der Waals surface area contributed by atoms with Crippen LogP contribution in [0.2, 0.25) is 0 Å². The molecule has 11 heteroatoms. The van der Waals surface area contributed by atoms with E-state index < -0.39 is 6.04 Å². The number of nitrogens with one attached hydrogen (secondary N) is 3. The summed E-state index contributed by atoms with van der Waals surface area (Å²) in [5.74, 6) is 1.22. The normalized spacial score (nSPS) is 17.4. The number of hydrogen-bond donors (Lipinski definition) is 3. The van der Waals surface area contributed by atoms with E-state index in [9.17, 15) is 9.18 Å². The smallest absolute Gasteiger partial charge is 0.238 e.